The fourth-order valence-corrected chi connectivity index (χ4v) is 4.58. The molecular weight excluding hydrogens is 477 g/mol. The maximum absolute atomic E-state index is 14.5. The second kappa shape index (κ2) is 10.7. The molecule has 0 spiro atoms. The average molecular weight is 506 g/mol. The fourth-order valence-electron chi connectivity index (χ4n) is 4.58. The van der Waals surface area contributed by atoms with Gasteiger partial charge in [0.2, 0.25) is 11.9 Å². The molecule has 11 heteroatoms. The summed E-state index contributed by atoms with van der Waals surface area (Å²) in [6, 6.07) is 14.0. The van der Waals surface area contributed by atoms with Crippen molar-refractivity contribution in [3.05, 3.63) is 60.5 Å². The van der Waals surface area contributed by atoms with Gasteiger partial charge < -0.3 is 25.4 Å². The molecule has 2 heterocycles. The van der Waals surface area contributed by atoms with Crippen LogP contribution in [0.2, 0.25) is 0 Å². The predicted molar refractivity (Wildman–Crippen MR) is 138 cm³/mol. The van der Waals surface area contributed by atoms with Gasteiger partial charge in [-0.1, -0.05) is 12.1 Å². The van der Waals surface area contributed by atoms with Crippen LogP contribution in [0.25, 0.3) is 11.2 Å². The van der Waals surface area contributed by atoms with Gasteiger partial charge >= 0.3 is 6.09 Å². The van der Waals surface area contributed by atoms with Crippen LogP contribution in [0.5, 0.6) is 5.75 Å². The summed E-state index contributed by atoms with van der Waals surface area (Å²) in [7, 11) is 2.98. The molecule has 0 radical (unpaired) electrons. The van der Waals surface area contributed by atoms with Gasteiger partial charge in [-0.15, -0.1) is 0 Å². The van der Waals surface area contributed by atoms with E-state index in [0.29, 0.717) is 28.7 Å². The van der Waals surface area contributed by atoms with Gasteiger partial charge in [-0.25, -0.2) is 19.2 Å². The Bertz CT molecular complexity index is 1380. The molecule has 2 aromatic heterocycles. The molecule has 1 aliphatic rings. The van der Waals surface area contributed by atoms with E-state index < -0.39 is 6.09 Å². The van der Waals surface area contributed by atoms with Crippen molar-refractivity contribution in [3.63, 3.8) is 0 Å². The van der Waals surface area contributed by atoms with Gasteiger partial charge in [0.1, 0.15) is 17.1 Å². The Labute approximate surface area is 213 Å². The smallest absolute Gasteiger partial charge is 0.407 e. The number of benzene rings is 2. The largest absolute Gasteiger partial charge is 0.497 e. The first kappa shape index (κ1) is 24.3. The number of nitrogens with zero attached hydrogens (tertiary/aromatic N) is 4. The van der Waals surface area contributed by atoms with E-state index in [0.717, 1.165) is 37.1 Å². The monoisotopic (exact) mass is 505 g/mol. The summed E-state index contributed by atoms with van der Waals surface area (Å²) in [5, 5.41) is 9.25. The van der Waals surface area contributed by atoms with Crippen molar-refractivity contribution in [2.24, 2.45) is 0 Å². The number of imidazole rings is 1. The molecule has 1 fully saturated rings. The molecule has 2 aromatic carbocycles. The number of fused-ring (bicyclic) bond motifs is 1. The summed E-state index contributed by atoms with van der Waals surface area (Å²) in [6.07, 6.45) is 4.30. The zero-order chi connectivity index (χ0) is 25.8. The standard InChI is InChI=1S/C26H28FN7O3/c1-36-19-13-9-16(10-14-19)29-24-28-15-22-23(33-24)34(18-11-7-17(8-12-18)30-26(35)37-2)25(32-22)31-21-6-4-3-5-20(21)27/h3-6,9-10,13-15,17-18H,7-8,11-12H2,1-2H3,(H,30,35)(H,31,32)(H,28,29,33)/t17-,18-. The minimum Gasteiger partial charge on any atom is -0.497 e. The summed E-state index contributed by atoms with van der Waals surface area (Å²) in [6.45, 7) is 0. The van der Waals surface area contributed by atoms with Crippen molar-refractivity contribution in [3.8, 4) is 5.75 Å². The van der Waals surface area contributed by atoms with Crippen molar-refractivity contribution in [2.45, 2.75) is 37.8 Å². The SMILES string of the molecule is COC(=O)N[C@H]1CC[C@H](n2c(Nc3ccccc3F)nc3cnc(Nc4ccc(OC)cc4)nc32)CC1. The normalized spacial score (nSPS) is 17.3. The number of ether oxygens (including phenoxy) is 2. The van der Waals surface area contributed by atoms with Crippen molar-refractivity contribution in [2.75, 3.05) is 24.9 Å². The molecule has 0 saturated heterocycles. The number of carbonyl (C=O) groups is 1. The molecule has 192 valence electrons. The summed E-state index contributed by atoms with van der Waals surface area (Å²) >= 11 is 0. The van der Waals surface area contributed by atoms with Crippen LogP contribution in [0, 0.1) is 5.82 Å². The Morgan fingerprint density at radius 3 is 2.46 bits per heavy atom. The zero-order valence-electron chi connectivity index (χ0n) is 20.6. The molecule has 0 aliphatic heterocycles. The third-order valence-corrected chi connectivity index (χ3v) is 6.47. The number of rotatable bonds is 7. The molecule has 37 heavy (non-hydrogen) atoms. The van der Waals surface area contributed by atoms with E-state index in [2.05, 4.69) is 20.9 Å². The van der Waals surface area contributed by atoms with Crippen LogP contribution in [0.1, 0.15) is 31.7 Å². The number of amides is 1. The first-order valence-electron chi connectivity index (χ1n) is 12.1. The minimum absolute atomic E-state index is 0.0309. The van der Waals surface area contributed by atoms with Crippen LogP contribution in [-0.2, 0) is 4.74 Å². The predicted octanol–water partition coefficient (Wildman–Crippen LogP) is 5.30. The number of methoxy groups -OCH3 is 2. The Morgan fingerprint density at radius 1 is 1.00 bits per heavy atom. The van der Waals surface area contributed by atoms with Gasteiger partial charge in [-0.05, 0) is 62.1 Å². The lowest BCUT2D eigenvalue weighted by molar-refractivity contribution is 0.161. The summed E-state index contributed by atoms with van der Waals surface area (Å²) in [4.78, 5) is 25.6. The highest BCUT2D eigenvalue weighted by Gasteiger charge is 2.28. The van der Waals surface area contributed by atoms with E-state index >= 15 is 0 Å². The van der Waals surface area contributed by atoms with Gasteiger partial charge in [-0.2, -0.15) is 4.98 Å². The fraction of sp³-hybridized carbons (Fsp3) is 0.308. The number of carbonyl (C=O) groups excluding carboxylic acids is 1. The molecule has 5 rings (SSSR count). The molecule has 1 amide bonds. The third-order valence-electron chi connectivity index (χ3n) is 6.47. The molecule has 1 aliphatic carbocycles. The number of nitrogens with one attached hydrogen (secondary N) is 3. The molecular formula is C26H28FN7O3. The second-order valence-electron chi connectivity index (χ2n) is 8.81. The number of anilines is 4. The zero-order valence-corrected chi connectivity index (χ0v) is 20.6. The summed E-state index contributed by atoms with van der Waals surface area (Å²) in [5.41, 5.74) is 2.36. The van der Waals surface area contributed by atoms with E-state index in [9.17, 15) is 9.18 Å². The van der Waals surface area contributed by atoms with Crippen molar-refractivity contribution in [1.82, 2.24) is 24.8 Å². The number of hydrogen-bond acceptors (Lipinski definition) is 8. The van der Waals surface area contributed by atoms with Crippen LogP contribution < -0.4 is 20.7 Å². The van der Waals surface area contributed by atoms with Gasteiger partial charge in [0.25, 0.3) is 0 Å². The van der Waals surface area contributed by atoms with Crippen LogP contribution in [-0.4, -0.2) is 45.9 Å². The number of hydrogen-bond donors (Lipinski definition) is 3. The van der Waals surface area contributed by atoms with Crippen molar-refractivity contribution < 1.29 is 18.7 Å². The van der Waals surface area contributed by atoms with E-state index in [4.69, 9.17) is 19.4 Å². The van der Waals surface area contributed by atoms with E-state index in [-0.39, 0.29) is 17.9 Å². The van der Waals surface area contributed by atoms with Crippen molar-refractivity contribution in [1.29, 1.82) is 0 Å². The van der Waals surface area contributed by atoms with Crippen LogP contribution >= 0.6 is 0 Å². The topological polar surface area (TPSA) is 115 Å². The van der Waals surface area contributed by atoms with Gasteiger partial charge in [0, 0.05) is 17.8 Å². The van der Waals surface area contributed by atoms with Crippen LogP contribution in [0.15, 0.2) is 54.7 Å². The molecule has 0 atom stereocenters. The quantitative estimate of drug-likeness (QED) is 0.310. The average Bonchev–Trinajstić information content (AvgIpc) is 3.28. The highest BCUT2D eigenvalue weighted by molar-refractivity contribution is 5.77. The summed E-state index contributed by atoms with van der Waals surface area (Å²) < 4.78 is 26.4. The van der Waals surface area contributed by atoms with Crippen LogP contribution in [0.3, 0.4) is 0 Å². The molecule has 1 saturated carbocycles. The van der Waals surface area contributed by atoms with Crippen molar-refractivity contribution >= 4 is 40.5 Å². The molecule has 3 N–H and O–H groups in total. The van der Waals surface area contributed by atoms with Gasteiger partial charge in [0.15, 0.2) is 5.65 Å². The Kier molecular flexibility index (Phi) is 7.02. The first-order valence-corrected chi connectivity index (χ1v) is 12.1. The first-order chi connectivity index (χ1) is 18.0. The number of halogens is 1. The third kappa shape index (κ3) is 5.40. The molecule has 0 bridgehead atoms. The Balaban J connectivity index is 1.47. The number of alkyl carbamates (subject to hydrolysis) is 1. The lowest BCUT2D eigenvalue weighted by atomic mass is 9.91. The molecule has 10 nitrogen and oxygen atoms in total. The maximum atomic E-state index is 14.5. The lowest BCUT2D eigenvalue weighted by Gasteiger charge is -2.30. The molecule has 4 aromatic rings. The number of aromatic nitrogens is 4. The highest BCUT2D eigenvalue weighted by Crippen LogP contribution is 2.35. The maximum Gasteiger partial charge on any atom is 0.407 e. The Hall–Kier alpha value is -4.41. The molecule has 0 unspecified atom stereocenters. The van der Waals surface area contributed by atoms with E-state index in [1.54, 1.807) is 31.5 Å². The minimum atomic E-state index is -0.430. The van der Waals surface area contributed by atoms with Gasteiger partial charge in [0.05, 0.1) is 26.1 Å². The number of para-hydroxylation sites is 1. The van der Waals surface area contributed by atoms with E-state index in [1.165, 1.54) is 13.2 Å². The highest BCUT2D eigenvalue weighted by atomic mass is 19.1. The Morgan fingerprint density at radius 2 is 1.76 bits per heavy atom. The second-order valence-corrected chi connectivity index (χ2v) is 8.81. The van der Waals surface area contributed by atoms with Crippen LogP contribution in [0.4, 0.5) is 32.5 Å². The summed E-state index contributed by atoms with van der Waals surface area (Å²) in [5.74, 6) is 1.28. The van der Waals surface area contributed by atoms with Gasteiger partial charge in [-0.3, -0.25) is 4.57 Å². The van der Waals surface area contributed by atoms with E-state index in [1.807, 2.05) is 28.8 Å². The lowest BCUT2D eigenvalue weighted by Crippen LogP contribution is -2.38.